The second-order valence-corrected chi connectivity index (χ2v) is 8.48. The number of hydrogen-bond acceptors (Lipinski definition) is 7. The molecule has 0 N–H and O–H groups in total. The molecule has 0 aliphatic carbocycles. The van der Waals surface area contributed by atoms with E-state index < -0.39 is 12.0 Å². The lowest BCUT2D eigenvalue weighted by Gasteiger charge is -2.28. The summed E-state index contributed by atoms with van der Waals surface area (Å²) in [5, 5.41) is 9.82. The van der Waals surface area contributed by atoms with Crippen LogP contribution in [0, 0.1) is 6.92 Å². The molecule has 7 nitrogen and oxygen atoms in total. The summed E-state index contributed by atoms with van der Waals surface area (Å²) < 4.78 is 47.7. The number of anilines is 1. The van der Waals surface area contributed by atoms with E-state index in [0.29, 0.717) is 42.8 Å². The minimum Gasteiger partial charge on any atom is -0.378 e. The van der Waals surface area contributed by atoms with Crippen LogP contribution < -0.4 is 4.90 Å². The summed E-state index contributed by atoms with van der Waals surface area (Å²) in [4.78, 5) is 9.61. The third-order valence-corrected chi connectivity index (χ3v) is 6.16. The Balaban J connectivity index is 1.64. The van der Waals surface area contributed by atoms with Gasteiger partial charge in [-0.1, -0.05) is 35.9 Å². The maximum Gasteiger partial charge on any atom is 0.451 e. The molecular weight excluding hydrogens is 453 g/mol. The molecule has 1 aliphatic rings. The molecule has 5 rings (SSSR count). The van der Waals surface area contributed by atoms with Gasteiger partial charge in [0.15, 0.2) is 0 Å². The average molecular weight is 472 g/mol. The van der Waals surface area contributed by atoms with Gasteiger partial charge in [0.25, 0.3) is 0 Å². The van der Waals surface area contributed by atoms with Crippen LogP contribution in [0.5, 0.6) is 0 Å². The van der Waals surface area contributed by atoms with E-state index in [2.05, 4.69) is 25.1 Å². The van der Waals surface area contributed by atoms with Gasteiger partial charge < -0.3 is 9.64 Å². The lowest BCUT2D eigenvalue weighted by molar-refractivity contribution is -0.145. The number of ether oxygens (including phenoxy) is 1. The number of rotatable bonds is 4. The number of aromatic nitrogens is 5. The number of para-hydroxylation sites is 1. The number of aryl methyl sites for hydroxylation is 1. The fourth-order valence-corrected chi connectivity index (χ4v) is 4.50. The van der Waals surface area contributed by atoms with E-state index in [9.17, 15) is 13.2 Å². The molecule has 0 spiro atoms. The van der Waals surface area contributed by atoms with Gasteiger partial charge in [-0.3, -0.25) is 4.57 Å². The Morgan fingerprint density at radius 3 is 2.39 bits per heavy atom. The van der Waals surface area contributed by atoms with Gasteiger partial charge >= 0.3 is 6.18 Å². The van der Waals surface area contributed by atoms with E-state index in [1.807, 2.05) is 35.8 Å². The van der Waals surface area contributed by atoms with Crippen molar-refractivity contribution in [3.05, 3.63) is 59.9 Å². The van der Waals surface area contributed by atoms with Gasteiger partial charge in [0.2, 0.25) is 16.9 Å². The summed E-state index contributed by atoms with van der Waals surface area (Å²) in [6.07, 6.45) is -4.66. The van der Waals surface area contributed by atoms with Crippen molar-refractivity contribution in [3.8, 4) is 5.69 Å². The lowest BCUT2D eigenvalue weighted by Crippen LogP contribution is -2.37. The van der Waals surface area contributed by atoms with Crippen molar-refractivity contribution in [1.82, 2.24) is 24.7 Å². The SMILES string of the molecule is Cc1ccc(-n2c(Sc3nc(C(F)(F)F)nc4ccccc34)nnc2N2CCOCC2)cc1. The highest BCUT2D eigenvalue weighted by Crippen LogP contribution is 2.36. The van der Waals surface area contributed by atoms with Crippen LogP contribution in [0.4, 0.5) is 19.1 Å². The molecular formula is C22H19F3N6OS. The van der Waals surface area contributed by atoms with Gasteiger partial charge in [-0.25, -0.2) is 9.97 Å². The van der Waals surface area contributed by atoms with Crippen LogP contribution >= 0.6 is 11.8 Å². The van der Waals surface area contributed by atoms with Crippen LogP contribution in [-0.2, 0) is 10.9 Å². The first-order valence-electron chi connectivity index (χ1n) is 10.3. The van der Waals surface area contributed by atoms with Crippen LogP contribution in [0.3, 0.4) is 0 Å². The molecule has 170 valence electrons. The largest absolute Gasteiger partial charge is 0.451 e. The Bertz CT molecular complexity index is 1290. The van der Waals surface area contributed by atoms with Crippen molar-refractivity contribution >= 4 is 28.6 Å². The summed E-state index contributed by atoms with van der Waals surface area (Å²) in [5.74, 6) is -0.572. The Hall–Kier alpha value is -3.18. The number of hydrogen-bond donors (Lipinski definition) is 0. The maximum absolute atomic E-state index is 13.5. The van der Waals surface area contributed by atoms with Crippen LogP contribution in [0.25, 0.3) is 16.6 Å². The standard InChI is InChI=1S/C22H19F3N6OS/c1-14-6-8-15(9-7-14)31-20(30-10-12-32-13-11-30)28-29-21(31)33-18-16-4-2-3-5-17(16)26-19(27-18)22(23,24)25/h2-9H,10-13H2,1H3. The van der Waals surface area contributed by atoms with E-state index in [1.165, 1.54) is 0 Å². The highest BCUT2D eigenvalue weighted by molar-refractivity contribution is 7.99. The molecule has 33 heavy (non-hydrogen) atoms. The minimum atomic E-state index is -4.66. The number of halogens is 3. The number of fused-ring (bicyclic) bond motifs is 1. The molecule has 1 aliphatic heterocycles. The second-order valence-electron chi connectivity index (χ2n) is 7.52. The maximum atomic E-state index is 13.5. The fraction of sp³-hybridized carbons (Fsp3) is 0.273. The molecule has 11 heteroatoms. The van der Waals surface area contributed by atoms with Gasteiger partial charge in [-0.2, -0.15) is 13.2 Å². The zero-order valence-corrected chi connectivity index (χ0v) is 18.4. The normalized spacial score (nSPS) is 14.7. The van der Waals surface area contributed by atoms with Crippen molar-refractivity contribution < 1.29 is 17.9 Å². The quantitative estimate of drug-likeness (QED) is 0.405. The van der Waals surface area contributed by atoms with Gasteiger partial charge in [0, 0.05) is 18.5 Å². The van der Waals surface area contributed by atoms with Crippen LogP contribution in [-0.4, -0.2) is 51.0 Å². The Kier molecular flexibility index (Phi) is 5.67. The predicted octanol–water partition coefficient (Wildman–Crippen LogP) is 4.53. The molecule has 0 amide bonds. The number of morpholine rings is 1. The number of nitrogens with zero attached hydrogens (tertiary/aromatic N) is 6. The Labute approximate surface area is 191 Å². The summed E-state index contributed by atoms with van der Waals surface area (Å²) >= 11 is 1.04. The summed E-state index contributed by atoms with van der Waals surface area (Å²) in [7, 11) is 0. The van der Waals surface area contributed by atoms with Crippen molar-refractivity contribution in [2.75, 3.05) is 31.2 Å². The van der Waals surface area contributed by atoms with Crippen molar-refractivity contribution in [2.24, 2.45) is 0 Å². The number of alkyl halides is 3. The fourth-order valence-electron chi connectivity index (χ4n) is 3.55. The monoisotopic (exact) mass is 472 g/mol. The zero-order valence-electron chi connectivity index (χ0n) is 17.6. The first kappa shape index (κ1) is 21.7. The predicted molar refractivity (Wildman–Crippen MR) is 118 cm³/mol. The Morgan fingerprint density at radius 1 is 0.939 bits per heavy atom. The molecule has 1 saturated heterocycles. The van der Waals surface area contributed by atoms with Crippen molar-refractivity contribution in [1.29, 1.82) is 0 Å². The van der Waals surface area contributed by atoms with Crippen LogP contribution in [0.2, 0.25) is 0 Å². The molecule has 0 bridgehead atoms. The highest BCUT2D eigenvalue weighted by Gasteiger charge is 2.36. The van der Waals surface area contributed by atoms with Gasteiger partial charge in [0.05, 0.1) is 24.4 Å². The minimum absolute atomic E-state index is 0.169. The van der Waals surface area contributed by atoms with Crippen molar-refractivity contribution in [3.63, 3.8) is 0 Å². The van der Waals surface area contributed by atoms with Gasteiger partial charge in [-0.05, 0) is 36.9 Å². The van der Waals surface area contributed by atoms with Crippen LogP contribution in [0.15, 0.2) is 58.7 Å². The van der Waals surface area contributed by atoms with Crippen molar-refractivity contribution in [2.45, 2.75) is 23.3 Å². The molecule has 2 aromatic heterocycles. The zero-order chi connectivity index (χ0) is 23.0. The van der Waals surface area contributed by atoms with Crippen LogP contribution in [0.1, 0.15) is 11.4 Å². The first-order chi connectivity index (χ1) is 15.9. The number of benzene rings is 2. The molecule has 0 radical (unpaired) electrons. The van der Waals surface area contributed by atoms with E-state index in [4.69, 9.17) is 4.74 Å². The molecule has 3 heterocycles. The van der Waals surface area contributed by atoms with E-state index in [1.54, 1.807) is 24.3 Å². The molecule has 0 unspecified atom stereocenters. The molecule has 0 saturated carbocycles. The molecule has 1 fully saturated rings. The van der Waals surface area contributed by atoms with Gasteiger partial charge in [-0.15, -0.1) is 10.2 Å². The Morgan fingerprint density at radius 2 is 1.67 bits per heavy atom. The van der Waals surface area contributed by atoms with E-state index in [0.717, 1.165) is 23.0 Å². The third kappa shape index (κ3) is 4.38. The topological polar surface area (TPSA) is 69.0 Å². The third-order valence-electron chi connectivity index (χ3n) is 5.21. The van der Waals surface area contributed by atoms with E-state index >= 15 is 0 Å². The summed E-state index contributed by atoms with van der Waals surface area (Å²) in [5.41, 5.74) is 2.12. The molecule has 0 atom stereocenters. The molecule has 4 aromatic rings. The van der Waals surface area contributed by atoms with E-state index in [-0.39, 0.29) is 10.5 Å². The summed E-state index contributed by atoms with van der Waals surface area (Å²) in [6, 6.07) is 14.4. The summed E-state index contributed by atoms with van der Waals surface area (Å²) in [6.45, 7) is 4.40. The highest BCUT2D eigenvalue weighted by atomic mass is 32.2. The molecule has 2 aromatic carbocycles. The lowest BCUT2D eigenvalue weighted by atomic mass is 10.2. The first-order valence-corrected chi connectivity index (χ1v) is 11.1. The average Bonchev–Trinajstić information content (AvgIpc) is 3.23. The second kappa shape index (κ2) is 8.64. The smallest absolute Gasteiger partial charge is 0.378 e. The van der Waals surface area contributed by atoms with Gasteiger partial charge in [0.1, 0.15) is 5.03 Å².